The third kappa shape index (κ3) is 11.1. The minimum Gasteiger partial charge on any atom is -0.462 e. The number of aromatic nitrogens is 2. The van der Waals surface area contributed by atoms with Crippen molar-refractivity contribution in [1.82, 2.24) is 19.7 Å². The number of nitrogens with two attached hydrogens (primary N) is 1. The number of alkyl halides is 2. The number of carbonyl (C=O) groups excluding carboxylic acids is 2. The van der Waals surface area contributed by atoms with Crippen LogP contribution < -0.4 is 21.6 Å². The Morgan fingerprint density at radius 3 is 2.00 bits per heavy atom. The maximum Gasteiger partial charge on any atom is 0.351 e. The minimum absolute atomic E-state index is 0.146. The summed E-state index contributed by atoms with van der Waals surface area (Å²) < 4.78 is 51.5. The van der Waals surface area contributed by atoms with Crippen LogP contribution in [0.1, 0.15) is 54.7 Å². The lowest BCUT2D eigenvalue weighted by Gasteiger charge is -2.35. The molecule has 1 aromatic rings. The van der Waals surface area contributed by atoms with Gasteiger partial charge in [-0.2, -0.15) is 4.98 Å². The highest BCUT2D eigenvalue weighted by Crippen LogP contribution is 2.42. The van der Waals surface area contributed by atoms with E-state index in [-0.39, 0.29) is 5.82 Å². The summed E-state index contributed by atoms with van der Waals surface area (Å²) in [5.41, 5.74) is 4.42. The Morgan fingerprint density at radius 2 is 1.62 bits per heavy atom. The average Bonchev–Trinajstić information content (AvgIpc) is 2.80. The third-order valence-corrected chi connectivity index (χ3v) is 7.73. The Morgan fingerprint density at radius 1 is 1.13 bits per heavy atom. The minimum atomic E-state index is -3.69. The van der Waals surface area contributed by atoms with Gasteiger partial charge in [0.1, 0.15) is 37.3 Å². The summed E-state index contributed by atoms with van der Waals surface area (Å²) in [6.07, 6.45) is -3.61. The molecule has 0 saturated heterocycles. The van der Waals surface area contributed by atoms with Crippen molar-refractivity contribution in [3.63, 3.8) is 0 Å². The molecule has 0 aliphatic rings. The van der Waals surface area contributed by atoms with Crippen LogP contribution >= 0.6 is 6.57 Å². The molecular weight excluding hydrogens is 563 g/mol. The van der Waals surface area contributed by atoms with Crippen molar-refractivity contribution in [2.24, 2.45) is 0 Å². The molecule has 17 heteroatoms. The molecule has 5 atom stereocenters. The van der Waals surface area contributed by atoms with Gasteiger partial charge in [-0.3, -0.25) is 14.2 Å². The highest BCUT2D eigenvalue weighted by atomic mass is 32.4. The van der Waals surface area contributed by atoms with Crippen molar-refractivity contribution >= 4 is 36.1 Å². The molecule has 0 aliphatic heterocycles. The van der Waals surface area contributed by atoms with Crippen molar-refractivity contribution in [3.8, 4) is 0 Å². The first-order valence-corrected chi connectivity index (χ1v) is 14.8. The fraction of sp³-hybridized carbons (Fsp3) is 0.727. The van der Waals surface area contributed by atoms with Gasteiger partial charge in [0, 0.05) is 6.20 Å². The number of nitrogens with zero attached hydrogens (tertiary/aromatic N) is 2. The zero-order valence-electron chi connectivity index (χ0n) is 22.9. The Balaban J connectivity index is 3.26. The Hall–Kier alpha value is -2.07. The van der Waals surface area contributed by atoms with E-state index < -0.39 is 80.0 Å². The number of nitrogen functional groups attached to an aromatic ring is 1. The van der Waals surface area contributed by atoms with E-state index in [2.05, 4.69) is 15.2 Å². The number of hydrogen-bond donors (Lipinski definition) is 4. The van der Waals surface area contributed by atoms with Crippen LogP contribution in [0.25, 0.3) is 0 Å². The van der Waals surface area contributed by atoms with Crippen molar-refractivity contribution in [1.29, 1.82) is 0 Å². The van der Waals surface area contributed by atoms with Gasteiger partial charge in [0.05, 0.1) is 12.2 Å². The average molecular weight is 602 g/mol. The SMILES string of the molecule is CC(C)OC(=O)[C@H](C)NP(=S)(N[C@@H](C)C(=O)OC(C)C)OC[C@@](F)(O[C@H](CF)n1ccc(N)nc1=O)[C@H](C)O. The number of ether oxygens (including phenoxy) is 3. The molecule has 0 aromatic carbocycles. The van der Waals surface area contributed by atoms with Crippen LogP contribution in [0.3, 0.4) is 0 Å². The largest absolute Gasteiger partial charge is 0.462 e. The molecule has 224 valence electrons. The molecule has 0 radical (unpaired) electrons. The van der Waals surface area contributed by atoms with E-state index in [0.717, 1.165) is 13.1 Å². The molecule has 0 saturated carbocycles. The molecular formula is C22H38F2N5O8PS. The van der Waals surface area contributed by atoms with Crippen molar-refractivity contribution in [2.75, 3.05) is 19.0 Å². The molecule has 1 aromatic heterocycles. The summed E-state index contributed by atoms with van der Waals surface area (Å²) in [5, 5.41) is 15.6. The van der Waals surface area contributed by atoms with Gasteiger partial charge in [-0.05, 0) is 66.3 Å². The molecule has 0 bridgehead atoms. The third-order valence-electron chi connectivity index (χ3n) is 4.83. The predicted molar refractivity (Wildman–Crippen MR) is 142 cm³/mol. The number of esters is 2. The second kappa shape index (κ2) is 15.1. The maximum atomic E-state index is 15.9. The van der Waals surface area contributed by atoms with Crippen LogP contribution in [-0.2, 0) is 40.1 Å². The number of halogens is 2. The smallest absolute Gasteiger partial charge is 0.351 e. The molecule has 0 fully saturated rings. The van der Waals surface area contributed by atoms with E-state index in [1.54, 1.807) is 27.7 Å². The number of anilines is 1. The number of carbonyl (C=O) groups is 2. The molecule has 1 heterocycles. The highest BCUT2D eigenvalue weighted by Gasteiger charge is 2.43. The van der Waals surface area contributed by atoms with Crippen molar-refractivity contribution < 1.29 is 42.2 Å². The summed E-state index contributed by atoms with van der Waals surface area (Å²) in [6, 6.07) is -0.966. The van der Waals surface area contributed by atoms with Gasteiger partial charge < -0.3 is 29.6 Å². The molecule has 0 amide bonds. The van der Waals surface area contributed by atoms with Gasteiger partial charge in [0.15, 0.2) is 12.8 Å². The number of aliphatic hydroxyl groups is 1. The lowest BCUT2D eigenvalue weighted by Crippen LogP contribution is -2.48. The molecule has 39 heavy (non-hydrogen) atoms. The first-order valence-electron chi connectivity index (χ1n) is 12.1. The molecule has 0 aliphatic carbocycles. The van der Waals surface area contributed by atoms with Crippen LogP contribution in [-0.4, -0.2) is 76.1 Å². The summed E-state index contributed by atoms with van der Waals surface area (Å²) >= 11 is 5.54. The number of nitrogens with one attached hydrogen (secondary N) is 2. The quantitative estimate of drug-likeness (QED) is 0.158. The van der Waals surface area contributed by atoms with Gasteiger partial charge in [-0.25, -0.2) is 23.7 Å². The Labute approximate surface area is 230 Å². The van der Waals surface area contributed by atoms with Crippen LogP contribution in [0.4, 0.5) is 14.6 Å². The standard InChI is InChI=1S/C22H38F2N5O8PS/c1-12(2)35-19(31)14(5)27-38(39,28-15(6)20(32)36-13(3)4)34-11-22(24,16(7)30)37-18(10-23)29-9-8-17(25)26-21(29)33/h8-9,12-16,18,30H,10-11H2,1-7H3,(H2,25,26,33)(H2,27,28,39)/t14-,15-,16-,18+,22+/m0/s1. The van der Waals surface area contributed by atoms with E-state index in [0.29, 0.717) is 4.57 Å². The summed E-state index contributed by atoms with van der Waals surface area (Å²) in [6.45, 7) is 4.22. The second-order valence-electron chi connectivity index (χ2n) is 9.23. The fourth-order valence-electron chi connectivity index (χ4n) is 2.86. The normalized spacial score (nSPS) is 16.8. The van der Waals surface area contributed by atoms with Crippen LogP contribution in [0.15, 0.2) is 17.1 Å². The summed E-state index contributed by atoms with van der Waals surface area (Å²) in [7, 11) is 0. The van der Waals surface area contributed by atoms with Gasteiger partial charge in [0.2, 0.25) is 0 Å². The van der Waals surface area contributed by atoms with Crippen molar-refractivity contribution in [2.45, 2.75) is 90.9 Å². The fourth-order valence-corrected chi connectivity index (χ4v) is 5.78. The topological polar surface area (TPSA) is 176 Å². The zero-order chi connectivity index (χ0) is 30.1. The van der Waals surface area contributed by atoms with E-state index in [4.69, 9.17) is 36.3 Å². The number of aliphatic hydroxyl groups excluding tert-OH is 1. The predicted octanol–water partition coefficient (Wildman–Crippen LogP) is 1.46. The van der Waals surface area contributed by atoms with Gasteiger partial charge >= 0.3 is 17.6 Å². The lowest BCUT2D eigenvalue weighted by atomic mass is 10.2. The first-order chi connectivity index (χ1) is 17.9. The van der Waals surface area contributed by atoms with E-state index in [1.807, 2.05) is 0 Å². The molecule has 5 N–H and O–H groups in total. The summed E-state index contributed by atoms with van der Waals surface area (Å²) in [5.74, 6) is -4.66. The van der Waals surface area contributed by atoms with Crippen molar-refractivity contribution in [3.05, 3.63) is 22.7 Å². The van der Waals surface area contributed by atoms with E-state index in [9.17, 15) is 23.9 Å². The first kappa shape index (κ1) is 35.0. The van der Waals surface area contributed by atoms with Gasteiger partial charge in [-0.15, -0.1) is 0 Å². The molecule has 1 rings (SSSR count). The molecule has 0 spiro atoms. The zero-order valence-corrected chi connectivity index (χ0v) is 24.6. The monoisotopic (exact) mass is 601 g/mol. The van der Waals surface area contributed by atoms with Crippen LogP contribution in [0.2, 0.25) is 0 Å². The lowest BCUT2D eigenvalue weighted by molar-refractivity contribution is -0.260. The Kier molecular flexibility index (Phi) is 13.5. The highest BCUT2D eigenvalue weighted by molar-refractivity contribution is 8.10. The maximum absolute atomic E-state index is 15.9. The van der Waals surface area contributed by atoms with Crippen LogP contribution in [0, 0.1) is 0 Å². The van der Waals surface area contributed by atoms with E-state index >= 15 is 4.39 Å². The van der Waals surface area contributed by atoms with Gasteiger partial charge in [0.25, 0.3) is 5.85 Å². The molecule has 0 unspecified atom stereocenters. The second-order valence-corrected chi connectivity index (χ2v) is 12.6. The number of hydrogen-bond acceptors (Lipinski definition) is 11. The summed E-state index contributed by atoms with van der Waals surface area (Å²) in [4.78, 5) is 40.3. The molecule has 13 nitrogen and oxygen atoms in total. The van der Waals surface area contributed by atoms with Crippen LogP contribution in [0.5, 0.6) is 0 Å². The van der Waals surface area contributed by atoms with E-state index in [1.165, 1.54) is 19.9 Å². The Bertz CT molecular complexity index is 1050. The number of rotatable bonds is 16. The van der Waals surface area contributed by atoms with Gasteiger partial charge in [-0.1, -0.05) is 0 Å².